The summed E-state index contributed by atoms with van der Waals surface area (Å²) in [5, 5.41) is 12.4. The lowest BCUT2D eigenvalue weighted by Gasteiger charge is -1.99. The molecule has 0 radical (unpaired) electrons. The maximum atomic E-state index is 4.55. The highest BCUT2D eigenvalue weighted by atomic mass is 32.2. The molecule has 0 bridgehead atoms. The van der Waals surface area contributed by atoms with Gasteiger partial charge in [-0.2, -0.15) is 4.37 Å². The van der Waals surface area contributed by atoms with Crippen LogP contribution in [0, 0.1) is 0 Å². The third kappa shape index (κ3) is 3.22. The van der Waals surface area contributed by atoms with Gasteiger partial charge >= 0.3 is 0 Å². The fraction of sp³-hybridized carbons (Fsp3) is 0.231. The minimum atomic E-state index is 0.598. The Hall–Kier alpha value is -1.51. The minimum absolute atomic E-state index is 0.598. The molecule has 106 valence electrons. The molecule has 0 atom stereocenters. The Labute approximate surface area is 134 Å². The molecular weight excluding hydrogens is 322 g/mol. The summed E-state index contributed by atoms with van der Waals surface area (Å²) in [7, 11) is 0. The van der Waals surface area contributed by atoms with Crippen LogP contribution in [0.5, 0.6) is 0 Å². The fourth-order valence-corrected chi connectivity index (χ4v) is 4.45. The van der Waals surface area contributed by atoms with Gasteiger partial charge in [0.15, 0.2) is 8.68 Å². The molecule has 0 unspecified atom stereocenters. The van der Waals surface area contributed by atoms with Crippen LogP contribution in [0.4, 0.5) is 10.8 Å². The van der Waals surface area contributed by atoms with E-state index < -0.39 is 0 Å². The number of benzene rings is 1. The molecule has 4 rings (SSSR count). The van der Waals surface area contributed by atoms with Crippen molar-refractivity contribution in [2.24, 2.45) is 0 Å². The van der Waals surface area contributed by atoms with Crippen molar-refractivity contribution in [3.05, 3.63) is 36.2 Å². The van der Waals surface area contributed by atoms with Gasteiger partial charge in [0.05, 0.1) is 0 Å². The first-order valence-electron chi connectivity index (χ1n) is 6.54. The largest absolute Gasteiger partial charge is 0.330 e. The molecule has 3 aromatic rings. The molecule has 1 aliphatic rings. The van der Waals surface area contributed by atoms with E-state index in [1.54, 1.807) is 0 Å². The number of nitrogens with one attached hydrogen (secondary N) is 1. The summed E-state index contributed by atoms with van der Waals surface area (Å²) in [5.74, 6) is 1.59. The second-order valence-electron chi connectivity index (χ2n) is 4.66. The summed E-state index contributed by atoms with van der Waals surface area (Å²) in [5.41, 5.74) is 1.01. The predicted molar refractivity (Wildman–Crippen MR) is 85.6 cm³/mol. The van der Waals surface area contributed by atoms with Gasteiger partial charge in [0.2, 0.25) is 5.13 Å². The van der Waals surface area contributed by atoms with E-state index in [1.165, 1.54) is 47.5 Å². The lowest BCUT2D eigenvalue weighted by molar-refractivity contribution is 0.956. The Bertz CT molecular complexity index is 735. The van der Waals surface area contributed by atoms with Crippen LogP contribution in [0.1, 0.15) is 24.6 Å². The average Bonchev–Trinajstić information content (AvgIpc) is 3.11. The van der Waals surface area contributed by atoms with Crippen LogP contribution in [-0.2, 0) is 0 Å². The maximum absolute atomic E-state index is 4.55. The molecule has 5 nitrogen and oxygen atoms in total. The monoisotopic (exact) mass is 333 g/mol. The normalized spacial score (nSPS) is 14.3. The Morgan fingerprint density at radius 1 is 1.10 bits per heavy atom. The van der Waals surface area contributed by atoms with E-state index in [9.17, 15) is 0 Å². The van der Waals surface area contributed by atoms with Crippen LogP contribution in [0.3, 0.4) is 0 Å². The van der Waals surface area contributed by atoms with Crippen LogP contribution in [0.25, 0.3) is 0 Å². The molecule has 21 heavy (non-hydrogen) atoms. The minimum Gasteiger partial charge on any atom is -0.330 e. The number of para-hydroxylation sites is 1. The highest BCUT2D eigenvalue weighted by molar-refractivity contribution is 8.02. The van der Waals surface area contributed by atoms with Gasteiger partial charge in [-0.25, -0.2) is 4.98 Å². The SMILES string of the molecule is c1ccc(Nc2nnc(Sc3nc(C4CC4)ns3)s2)cc1. The van der Waals surface area contributed by atoms with Crippen LogP contribution >= 0.6 is 34.6 Å². The third-order valence-corrected chi connectivity index (χ3v) is 5.63. The summed E-state index contributed by atoms with van der Waals surface area (Å²) in [6, 6.07) is 9.96. The number of rotatable bonds is 5. The van der Waals surface area contributed by atoms with Crippen molar-refractivity contribution < 1.29 is 0 Å². The number of hydrogen-bond donors (Lipinski definition) is 1. The van der Waals surface area contributed by atoms with E-state index in [0.717, 1.165) is 25.3 Å². The lowest BCUT2D eigenvalue weighted by Crippen LogP contribution is -1.87. The lowest BCUT2D eigenvalue weighted by atomic mass is 10.3. The molecule has 0 saturated heterocycles. The van der Waals surface area contributed by atoms with Crippen LogP contribution in [0.15, 0.2) is 39.0 Å². The molecule has 1 N–H and O–H groups in total. The number of nitrogens with zero attached hydrogens (tertiary/aromatic N) is 4. The van der Waals surface area contributed by atoms with Crippen molar-refractivity contribution in [2.45, 2.75) is 27.4 Å². The van der Waals surface area contributed by atoms with Crippen LogP contribution < -0.4 is 5.32 Å². The van der Waals surface area contributed by atoms with E-state index in [0.29, 0.717) is 5.92 Å². The van der Waals surface area contributed by atoms with E-state index in [1.807, 2.05) is 30.3 Å². The molecule has 1 fully saturated rings. The van der Waals surface area contributed by atoms with Gasteiger partial charge in [-0.15, -0.1) is 10.2 Å². The Kier molecular flexibility index (Phi) is 3.58. The zero-order valence-corrected chi connectivity index (χ0v) is 13.3. The Morgan fingerprint density at radius 3 is 2.76 bits per heavy atom. The molecule has 2 heterocycles. The highest BCUT2D eigenvalue weighted by Crippen LogP contribution is 2.41. The second kappa shape index (κ2) is 5.70. The standard InChI is InChI=1S/C13H11N5S3/c1-2-4-9(5-3-1)14-11-16-17-13(19-11)20-12-15-10(18-21-12)8-6-7-8/h1-5,8H,6-7H2,(H,14,16). The molecule has 1 aromatic carbocycles. The average molecular weight is 333 g/mol. The topological polar surface area (TPSA) is 63.6 Å². The molecule has 0 spiro atoms. The quantitative estimate of drug-likeness (QED) is 0.756. The van der Waals surface area contributed by atoms with Crippen molar-refractivity contribution in [1.29, 1.82) is 0 Å². The Balaban J connectivity index is 1.43. The van der Waals surface area contributed by atoms with Gasteiger partial charge in [-0.05, 0) is 48.3 Å². The summed E-state index contributed by atoms with van der Waals surface area (Å²) < 4.78 is 6.22. The zero-order valence-electron chi connectivity index (χ0n) is 10.9. The van der Waals surface area contributed by atoms with E-state index in [4.69, 9.17) is 0 Å². The van der Waals surface area contributed by atoms with E-state index in [-0.39, 0.29) is 0 Å². The fourth-order valence-electron chi connectivity index (χ4n) is 1.79. The van der Waals surface area contributed by atoms with Gasteiger partial charge in [-0.3, -0.25) is 0 Å². The third-order valence-electron chi connectivity index (χ3n) is 2.97. The molecule has 1 aliphatic carbocycles. The molecule has 1 saturated carbocycles. The summed E-state index contributed by atoms with van der Waals surface area (Å²) in [4.78, 5) is 4.55. The van der Waals surface area contributed by atoms with Crippen molar-refractivity contribution in [1.82, 2.24) is 19.6 Å². The summed E-state index contributed by atoms with van der Waals surface area (Å²) in [6.45, 7) is 0. The van der Waals surface area contributed by atoms with Gasteiger partial charge in [0.1, 0.15) is 5.82 Å². The van der Waals surface area contributed by atoms with Gasteiger partial charge < -0.3 is 5.32 Å². The van der Waals surface area contributed by atoms with Crippen molar-refractivity contribution in [3.8, 4) is 0 Å². The van der Waals surface area contributed by atoms with E-state index >= 15 is 0 Å². The van der Waals surface area contributed by atoms with Gasteiger partial charge in [0, 0.05) is 11.6 Å². The van der Waals surface area contributed by atoms with Crippen molar-refractivity contribution in [3.63, 3.8) is 0 Å². The molecule has 2 aromatic heterocycles. The predicted octanol–water partition coefficient (Wildman–Crippen LogP) is 4.16. The van der Waals surface area contributed by atoms with Crippen LogP contribution in [0.2, 0.25) is 0 Å². The molecule has 8 heteroatoms. The number of anilines is 2. The molecular formula is C13H11N5S3. The number of hydrogen-bond acceptors (Lipinski definition) is 8. The second-order valence-corrected chi connectivity index (χ2v) is 7.88. The summed E-state index contributed by atoms with van der Waals surface area (Å²) in [6.07, 6.45) is 2.45. The first-order valence-corrected chi connectivity index (χ1v) is 8.94. The van der Waals surface area contributed by atoms with E-state index in [2.05, 4.69) is 24.9 Å². The van der Waals surface area contributed by atoms with Crippen molar-refractivity contribution in [2.75, 3.05) is 5.32 Å². The first-order chi connectivity index (χ1) is 10.4. The number of aromatic nitrogens is 4. The maximum Gasteiger partial charge on any atom is 0.210 e. The summed E-state index contributed by atoms with van der Waals surface area (Å²) >= 11 is 4.51. The van der Waals surface area contributed by atoms with Crippen LogP contribution in [-0.4, -0.2) is 19.6 Å². The molecule has 0 amide bonds. The first kappa shape index (κ1) is 13.2. The van der Waals surface area contributed by atoms with Gasteiger partial charge in [-0.1, -0.05) is 29.5 Å². The van der Waals surface area contributed by atoms with Gasteiger partial charge in [0.25, 0.3) is 0 Å². The highest BCUT2D eigenvalue weighted by Gasteiger charge is 2.28. The molecule has 0 aliphatic heterocycles. The zero-order chi connectivity index (χ0) is 14.1. The van der Waals surface area contributed by atoms with Crippen molar-refractivity contribution >= 4 is 45.5 Å². The Morgan fingerprint density at radius 2 is 1.95 bits per heavy atom. The smallest absolute Gasteiger partial charge is 0.210 e.